The van der Waals surface area contributed by atoms with Crippen LogP contribution in [0.4, 0.5) is 4.39 Å². The summed E-state index contributed by atoms with van der Waals surface area (Å²) < 4.78 is 21.1. The van der Waals surface area contributed by atoms with E-state index in [-0.39, 0.29) is 5.82 Å². The molecule has 1 aromatic carbocycles. The van der Waals surface area contributed by atoms with Gasteiger partial charge in [0.15, 0.2) is 11.9 Å². The van der Waals surface area contributed by atoms with Crippen LogP contribution in [0.3, 0.4) is 0 Å². The average Bonchev–Trinajstić information content (AvgIpc) is 2.81. The zero-order valence-corrected chi connectivity index (χ0v) is 12.4. The third-order valence-electron chi connectivity index (χ3n) is 2.83. The number of nitrogens with zero attached hydrogens (tertiary/aromatic N) is 3. The molecule has 0 saturated heterocycles. The van der Waals surface area contributed by atoms with Crippen molar-refractivity contribution in [3.63, 3.8) is 0 Å². The molecule has 0 N–H and O–H groups in total. The van der Waals surface area contributed by atoms with Gasteiger partial charge in [-0.05, 0) is 24.4 Å². The second-order valence-corrected chi connectivity index (χ2v) is 4.96. The lowest BCUT2D eigenvalue weighted by molar-refractivity contribution is 0.194. The zero-order chi connectivity index (χ0) is 14.7. The normalized spacial score (nSPS) is 12.0. The topological polar surface area (TPSA) is 30.3 Å². The molecule has 4 nitrogen and oxygen atoms in total. The van der Waals surface area contributed by atoms with Crippen molar-refractivity contribution in [2.75, 3.05) is 14.1 Å². The number of imidazole rings is 1. The molecule has 0 fully saturated rings. The molecule has 0 aliphatic rings. The molecule has 2 rings (SSSR count). The van der Waals surface area contributed by atoms with Crippen LogP contribution in [0.2, 0.25) is 0 Å². The summed E-state index contributed by atoms with van der Waals surface area (Å²) in [7, 11) is 5.45. The number of benzene rings is 1. The molecule has 2 aromatic rings. The van der Waals surface area contributed by atoms with Gasteiger partial charge in [-0.3, -0.25) is 0 Å². The SMILES string of the molecule is CN(C)C(=S)OC(c1cccc(F)c1)c1nccn1C. The minimum atomic E-state index is -0.541. The van der Waals surface area contributed by atoms with Gasteiger partial charge in [-0.25, -0.2) is 9.37 Å². The lowest BCUT2D eigenvalue weighted by atomic mass is 10.1. The summed E-state index contributed by atoms with van der Waals surface area (Å²) in [6.07, 6.45) is 2.94. The first kappa shape index (κ1) is 14.5. The number of aromatic nitrogens is 2. The molecule has 0 spiro atoms. The molecular weight excluding hydrogens is 277 g/mol. The summed E-state index contributed by atoms with van der Waals surface area (Å²) in [6, 6.07) is 6.25. The lowest BCUT2D eigenvalue weighted by Gasteiger charge is -2.22. The van der Waals surface area contributed by atoms with Gasteiger partial charge >= 0.3 is 0 Å². The van der Waals surface area contributed by atoms with Crippen molar-refractivity contribution in [2.24, 2.45) is 7.05 Å². The van der Waals surface area contributed by atoms with Crippen LogP contribution >= 0.6 is 12.2 Å². The highest BCUT2D eigenvalue weighted by Crippen LogP contribution is 2.25. The lowest BCUT2D eigenvalue weighted by Crippen LogP contribution is -2.26. The first-order valence-electron chi connectivity index (χ1n) is 6.09. The highest BCUT2D eigenvalue weighted by atomic mass is 32.1. The number of ether oxygens (including phenoxy) is 1. The summed E-state index contributed by atoms with van der Waals surface area (Å²) in [5.41, 5.74) is 0.670. The number of hydrogen-bond acceptors (Lipinski definition) is 3. The maximum atomic E-state index is 13.4. The van der Waals surface area contributed by atoms with Gasteiger partial charge in [0.05, 0.1) is 0 Å². The average molecular weight is 293 g/mol. The molecule has 1 atom stereocenters. The van der Waals surface area contributed by atoms with E-state index in [0.29, 0.717) is 16.6 Å². The number of aryl methyl sites for hydroxylation is 1. The predicted octanol–water partition coefficient (Wildman–Crippen LogP) is 2.51. The highest BCUT2D eigenvalue weighted by Gasteiger charge is 2.22. The molecule has 0 aliphatic carbocycles. The predicted molar refractivity (Wildman–Crippen MR) is 78.8 cm³/mol. The summed E-state index contributed by atoms with van der Waals surface area (Å²) in [5.74, 6) is 0.348. The summed E-state index contributed by atoms with van der Waals surface area (Å²) >= 11 is 5.18. The van der Waals surface area contributed by atoms with Crippen LogP contribution in [0.5, 0.6) is 0 Å². The molecular formula is C14H16FN3OS. The Morgan fingerprint density at radius 3 is 2.75 bits per heavy atom. The second-order valence-electron chi connectivity index (χ2n) is 4.61. The molecule has 1 unspecified atom stereocenters. The van der Waals surface area contributed by atoms with E-state index in [1.165, 1.54) is 12.1 Å². The smallest absolute Gasteiger partial charge is 0.259 e. The number of thiocarbonyl (C=S) groups is 1. The molecule has 0 radical (unpaired) electrons. The largest absolute Gasteiger partial charge is 0.454 e. The summed E-state index contributed by atoms with van der Waals surface area (Å²) in [6.45, 7) is 0. The van der Waals surface area contributed by atoms with Crippen LogP contribution in [0, 0.1) is 5.82 Å². The van der Waals surface area contributed by atoms with E-state index in [1.54, 1.807) is 37.3 Å². The minimum absolute atomic E-state index is 0.318. The Labute approximate surface area is 122 Å². The highest BCUT2D eigenvalue weighted by molar-refractivity contribution is 7.80. The van der Waals surface area contributed by atoms with Gasteiger partial charge in [-0.1, -0.05) is 12.1 Å². The Hall–Kier alpha value is -1.95. The Morgan fingerprint density at radius 2 is 2.20 bits per heavy atom. The Kier molecular flexibility index (Phi) is 4.34. The zero-order valence-electron chi connectivity index (χ0n) is 11.6. The standard InChI is InChI=1S/C14H16FN3OS/c1-17(2)14(20)19-12(13-16-7-8-18(13)3)10-5-4-6-11(15)9-10/h4-9,12H,1-3H3. The fraction of sp³-hybridized carbons (Fsp3) is 0.286. The van der Waals surface area contributed by atoms with Gasteiger partial charge in [-0.15, -0.1) is 0 Å². The molecule has 0 amide bonds. The third kappa shape index (κ3) is 3.14. The van der Waals surface area contributed by atoms with E-state index in [0.717, 1.165) is 0 Å². The molecule has 0 aliphatic heterocycles. The van der Waals surface area contributed by atoms with Crippen LogP contribution in [0.25, 0.3) is 0 Å². The van der Waals surface area contributed by atoms with Gasteiger partial charge in [0, 0.05) is 39.1 Å². The Morgan fingerprint density at radius 1 is 1.45 bits per heavy atom. The van der Waals surface area contributed by atoms with Crippen molar-refractivity contribution < 1.29 is 9.13 Å². The quantitative estimate of drug-likeness (QED) is 0.814. The summed E-state index contributed by atoms with van der Waals surface area (Å²) in [4.78, 5) is 5.96. The Bertz CT molecular complexity index is 612. The maximum absolute atomic E-state index is 13.4. The van der Waals surface area contributed by atoms with Gasteiger partial charge in [0.1, 0.15) is 5.82 Å². The van der Waals surface area contributed by atoms with Gasteiger partial charge in [0.25, 0.3) is 5.17 Å². The number of rotatable bonds is 3. The fourth-order valence-electron chi connectivity index (χ4n) is 1.78. The van der Waals surface area contributed by atoms with Crippen molar-refractivity contribution >= 4 is 17.4 Å². The van der Waals surface area contributed by atoms with E-state index < -0.39 is 6.10 Å². The molecule has 1 aromatic heterocycles. The van der Waals surface area contributed by atoms with Crippen LogP contribution < -0.4 is 0 Å². The summed E-state index contributed by atoms with van der Waals surface area (Å²) in [5, 5.41) is 0.322. The van der Waals surface area contributed by atoms with Gasteiger partial charge in [0.2, 0.25) is 0 Å². The molecule has 106 valence electrons. The van der Waals surface area contributed by atoms with Crippen LogP contribution in [0.15, 0.2) is 36.7 Å². The molecule has 0 saturated carbocycles. The van der Waals surface area contributed by atoms with Gasteiger partial charge < -0.3 is 14.2 Å². The van der Waals surface area contributed by atoms with Crippen molar-refractivity contribution in [1.29, 1.82) is 0 Å². The maximum Gasteiger partial charge on any atom is 0.259 e. The van der Waals surface area contributed by atoms with Gasteiger partial charge in [-0.2, -0.15) is 0 Å². The fourth-order valence-corrected chi connectivity index (χ4v) is 1.87. The number of halogens is 1. The number of hydrogen-bond donors (Lipinski definition) is 0. The first-order valence-corrected chi connectivity index (χ1v) is 6.50. The van der Waals surface area contributed by atoms with Crippen LogP contribution in [-0.4, -0.2) is 33.7 Å². The van der Waals surface area contributed by atoms with Crippen molar-refractivity contribution in [2.45, 2.75) is 6.10 Å². The van der Waals surface area contributed by atoms with Crippen LogP contribution in [-0.2, 0) is 11.8 Å². The molecule has 0 bridgehead atoms. The van der Waals surface area contributed by atoms with E-state index in [4.69, 9.17) is 17.0 Å². The van der Waals surface area contributed by atoms with Crippen molar-refractivity contribution in [3.8, 4) is 0 Å². The van der Waals surface area contributed by atoms with Crippen molar-refractivity contribution in [1.82, 2.24) is 14.5 Å². The van der Waals surface area contributed by atoms with Crippen molar-refractivity contribution in [3.05, 3.63) is 53.9 Å². The van der Waals surface area contributed by atoms with E-state index in [9.17, 15) is 4.39 Å². The third-order valence-corrected chi connectivity index (χ3v) is 3.29. The van der Waals surface area contributed by atoms with E-state index in [1.807, 2.05) is 17.8 Å². The molecule has 6 heteroatoms. The van der Waals surface area contributed by atoms with E-state index in [2.05, 4.69) is 4.98 Å². The Balaban J connectivity index is 2.39. The second kappa shape index (κ2) is 6.00. The molecule has 1 heterocycles. The minimum Gasteiger partial charge on any atom is -0.454 e. The monoisotopic (exact) mass is 293 g/mol. The van der Waals surface area contributed by atoms with E-state index >= 15 is 0 Å². The van der Waals surface area contributed by atoms with Crippen LogP contribution in [0.1, 0.15) is 17.5 Å². The molecule has 20 heavy (non-hydrogen) atoms. The first-order chi connectivity index (χ1) is 9.49.